The van der Waals surface area contributed by atoms with E-state index in [-0.39, 0.29) is 18.5 Å². The standard InChI is InChI=1S/C19H18FN5O2/c1-2-14(11-26)22-18-21-8-7-15(23-18)17-16(12-3-5-13(20)6-4-12)24-19-25(17)9-10-27-19/h3-10,14,26H,2,11H2,1H3,(H,21,22,23)/t14-/m1/s1. The highest BCUT2D eigenvalue weighted by Gasteiger charge is 2.19. The number of anilines is 1. The van der Waals surface area contributed by atoms with E-state index in [0.29, 0.717) is 28.9 Å². The number of aliphatic hydroxyl groups excluding tert-OH is 1. The highest BCUT2D eigenvalue weighted by atomic mass is 19.1. The minimum atomic E-state index is -0.314. The van der Waals surface area contributed by atoms with Gasteiger partial charge in [0.2, 0.25) is 5.95 Å². The Morgan fingerprint density at radius 1 is 1.22 bits per heavy atom. The van der Waals surface area contributed by atoms with E-state index in [1.807, 2.05) is 6.92 Å². The molecule has 3 heterocycles. The normalized spacial score (nSPS) is 12.4. The highest BCUT2D eigenvalue weighted by Crippen LogP contribution is 2.32. The lowest BCUT2D eigenvalue weighted by molar-refractivity contribution is 0.271. The first kappa shape index (κ1) is 17.2. The van der Waals surface area contributed by atoms with E-state index >= 15 is 0 Å². The van der Waals surface area contributed by atoms with Crippen molar-refractivity contribution in [2.24, 2.45) is 0 Å². The molecule has 138 valence electrons. The third-order valence-electron chi connectivity index (χ3n) is 4.32. The van der Waals surface area contributed by atoms with Gasteiger partial charge in [0, 0.05) is 18.0 Å². The third-order valence-corrected chi connectivity index (χ3v) is 4.32. The quantitative estimate of drug-likeness (QED) is 0.543. The number of imidazole rings is 1. The predicted octanol–water partition coefficient (Wildman–Crippen LogP) is 3.37. The summed E-state index contributed by atoms with van der Waals surface area (Å²) in [6.45, 7) is 1.96. The molecule has 0 aliphatic heterocycles. The van der Waals surface area contributed by atoms with E-state index in [1.54, 1.807) is 41.3 Å². The number of aromatic nitrogens is 4. The Kier molecular flexibility index (Phi) is 4.55. The zero-order chi connectivity index (χ0) is 18.8. The van der Waals surface area contributed by atoms with E-state index in [4.69, 9.17) is 4.42 Å². The molecule has 2 N–H and O–H groups in total. The van der Waals surface area contributed by atoms with Crippen molar-refractivity contribution in [2.75, 3.05) is 11.9 Å². The molecule has 0 saturated carbocycles. The summed E-state index contributed by atoms with van der Waals surface area (Å²) >= 11 is 0. The number of oxazole rings is 1. The summed E-state index contributed by atoms with van der Waals surface area (Å²) in [6, 6.07) is 7.76. The Morgan fingerprint density at radius 2 is 2.04 bits per heavy atom. The van der Waals surface area contributed by atoms with Crippen LogP contribution in [-0.2, 0) is 0 Å². The molecule has 3 aromatic heterocycles. The lowest BCUT2D eigenvalue weighted by Crippen LogP contribution is -2.23. The van der Waals surface area contributed by atoms with Crippen LogP contribution in [0.25, 0.3) is 28.5 Å². The number of hydrogen-bond acceptors (Lipinski definition) is 6. The van der Waals surface area contributed by atoms with Gasteiger partial charge in [-0.25, -0.2) is 14.4 Å². The topological polar surface area (TPSA) is 88.5 Å². The second-order valence-electron chi connectivity index (χ2n) is 6.07. The molecule has 0 radical (unpaired) electrons. The Morgan fingerprint density at radius 3 is 2.78 bits per heavy atom. The fourth-order valence-corrected chi connectivity index (χ4v) is 2.86. The van der Waals surface area contributed by atoms with Crippen molar-refractivity contribution in [3.8, 4) is 22.6 Å². The molecule has 4 rings (SSSR count). The van der Waals surface area contributed by atoms with Gasteiger partial charge in [-0.2, -0.15) is 4.98 Å². The van der Waals surface area contributed by atoms with Crippen LogP contribution >= 0.6 is 0 Å². The van der Waals surface area contributed by atoms with Crippen LogP contribution in [-0.4, -0.2) is 37.1 Å². The summed E-state index contributed by atoms with van der Waals surface area (Å²) in [5, 5.41) is 12.5. The molecule has 0 spiro atoms. The molecule has 0 saturated heterocycles. The maximum absolute atomic E-state index is 13.3. The van der Waals surface area contributed by atoms with Gasteiger partial charge in [-0.1, -0.05) is 6.92 Å². The monoisotopic (exact) mass is 367 g/mol. The average Bonchev–Trinajstić information content (AvgIpc) is 3.28. The number of fused-ring (bicyclic) bond motifs is 1. The van der Waals surface area contributed by atoms with Crippen molar-refractivity contribution in [1.82, 2.24) is 19.4 Å². The van der Waals surface area contributed by atoms with Crippen LogP contribution in [0.5, 0.6) is 0 Å². The maximum atomic E-state index is 13.3. The van der Waals surface area contributed by atoms with Gasteiger partial charge in [-0.05, 0) is 36.8 Å². The van der Waals surface area contributed by atoms with Gasteiger partial charge in [-0.15, -0.1) is 0 Å². The van der Waals surface area contributed by atoms with Gasteiger partial charge in [0.1, 0.15) is 23.5 Å². The highest BCUT2D eigenvalue weighted by molar-refractivity contribution is 5.79. The molecule has 27 heavy (non-hydrogen) atoms. The average molecular weight is 367 g/mol. The van der Waals surface area contributed by atoms with Gasteiger partial charge in [-0.3, -0.25) is 4.40 Å². The smallest absolute Gasteiger partial charge is 0.306 e. The number of nitrogens with one attached hydrogen (secondary N) is 1. The summed E-state index contributed by atoms with van der Waals surface area (Å²) in [4.78, 5) is 13.3. The summed E-state index contributed by atoms with van der Waals surface area (Å²) in [7, 11) is 0. The summed E-state index contributed by atoms with van der Waals surface area (Å²) in [5.74, 6) is 0.516. The summed E-state index contributed by atoms with van der Waals surface area (Å²) in [6.07, 6.45) is 5.67. The summed E-state index contributed by atoms with van der Waals surface area (Å²) in [5.41, 5.74) is 2.73. The van der Waals surface area contributed by atoms with Gasteiger partial charge in [0.05, 0.1) is 18.3 Å². The molecular weight excluding hydrogens is 349 g/mol. The number of nitrogens with zero attached hydrogens (tertiary/aromatic N) is 4. The van der Waals surface area contributed by atoms with Crippen LogP contribution in [0.15, 0.2) is 53.4 Å². The van der Waals surface area contributed by atoms with Gasteiger partial charge in [0.15, 0.2) is 0 Å². The van der Waals surface area contributed by atoms with Crippen LogP contribution in [0.1, 0.15) is 13.3 Å². The van der Waals surface area contributed by atoms with Crippen molar-refractivity contribution in [3.05, 3.63) is 54.8 Å². The van der Waals surface area contributed by atoms with E-state index < -0.39 is 0 Å². The molecule has 0 aliphatic carbocycles. The number of benzene rings is 1. The lowest BCUT2D eigenvalue weighted by atomic mass is 10.1. The van der Waals surface area contributed by atoms with Crippen molar-refractivity contribution >= 4 is 11.8 Å². The fourth-order valence-electron chi connectivity index (χ4n) is 2.86. The first-order chi connectivity index (χ1) is 13.2. The molecule has 0 aliphatic rings. The molecule has 0 amide bonds. The molecule has 4 aromatic rings. The van der Waals surface area contributed by atoms with Crippen molar-refractivity contribution in [3.63, 3.8) is 0 Å². The van der Waals surface area contributed by atoms with Gasteiger partial charge < -0.3 is 14.8 Å². The van der Waals surface area contributed by atoms with Gasteiger partial charge in [0.25, 0.3) is 0 Å². The van der Waals surface area contributed by atoms with Gasteiger partial charge >= 0.3 is 5.84 Å². The predicted molar refractivity (Wildman–Crippen MR) is 98.7 cm³/mol. The molecule has 7 nitrogen and oxygen atoms in total. The second kappa shape index (κ2) is 7.16. The Labute approximate surface area is 154 Å². The van der Waals surface area contributed by atoms with E-state index in [2.05, 4.69) is 20.3 Å². The minimum Gasteiger partial charge on any atom is -0.432 e. The Hall–Kier alpha value is -3.26. The molecule has 1 atom stereocenters. The number of aliphatic hydroxyl groups is 1. The minimum absolute atomic E-state index is 0.0103. The zero-order valence-corrected chi connectivity index (χ0v) is 14.6. The van der Waals surface area contributed by atoms with E-state index in [0.717, 1.165) is 12.0 Å². The van der Waals surface area contributed by atoms with Crippen LogP contribution in [0.2, 0.25) is 0 Å². The van der Waals surface area contributed by atoms with Crippen molar-refractivity contribution in [1.29, 1.82) is 0 Å². The molecule has 0 fully saturated rings. The zero-order valence-electron chi connectivity index (χ0n) is 14.6. The second-order valence-corrected chi connectivity index (χ2v) is 6.07. The number of rotatable bonds is 6. The first-order valence-electron chi connectivity index (χ1n) is 8.62. The molecule has 0 unspecified atom stereocenters. The first-order valence-corrected chi connectivity index (χ1v) is 8.62. The fraction of sp³-hybridized carbons (Fsp3) is 0.211. The van der Waals surface area contributed by atoms with E-state index in [9.17, 15) is 9.50 Å². The summed E-state index contributed by atoms with van der Waals surface area (Å²) < 4.78 is 20.5. The maximum Gasteiger partial charge on any atom is 0.306 e. The number of halogens is 1. The Balaban J connectivity index is 1.82. The third kappa shape index (κ3) is 3.26. The molecule has 0 bridgehead atoms. The molecule has 8 heteroatoms. The largest absolute Gasteiger partial charge is 0.432 e. The lowest BCUT2D eigenvalue weighted by Gasteiger charge is -2.14. The molecular formula is C19H18FN5O2. The van der Waals surface area contributed by atoms with E-state index in [1.165, 1.54) is 12.1 Å². The van der Waals surface area contributed by atoms with Crippen molar-refractivity contribution < 1.29 is 13.9 Å². The van der Waals surface area contributed by atoms with Crippen LogP contribution in [0, 0.1) is 5.82 Å². The number of hydrogen-bond donors (Lipinski definition) is 2. The van der Waals surface area contributed by atoms with Crippen LogP contribution < -0.4 is 5.32 Å². The molecule has 1 aromatic carbocycles. The van der Waals surface area contributed by atoms with Crippen LogP contribution in [0.4, 0.5) is 10.3 Å². The SMILES string of the molecule is CC[C@H](CO)Nc1nccc(-c2c(-c3ccc(F)cc3)nc3occn23)n1. The Bertz CT molecular complexity index is 1050. The van der Waals surface area contributed by atoms with Crippen molar-refractivity contribution in [2.45, 2.75) is 19.4 Å². The van der Waals surface area contributed by atoms with Crippen LogP contribution in [0.3, 0.4) is 0 Å².